The zero-order valence-corrected chi connectivity index (χ0v) is 23.9. The number of nitrogens with one attached hydrogen (secondary N) is 2. The van der Waals surface area contributed by atoms with E-state index in [0.717, 1.165) is 44.5 Å². The molecule has 2 aliphatic heterocycles. The smallest absolute Gasteiger partial charge is 0.291 e. The van der Waals surface area contributed by atoms with Gasteiger partial charge in [0.15, 0.2) is 17.7 Å². The maximum Gasteiger partial charge on any atom is 0.291 e. The van der Waals surface area contributed by atoms with E-state index >= 15 is 0 Å². The van der Waals surface area contributed by atoms with Crippen LogP contribution in [0.15, 0.2) is 45.6 Å². The van der Waals surface area contributed by atoms with Crippen LogP contribution in [0.1, 0.15) is 43.6 Å². The Kier molecular flexibility index (Phi) is 10.8. The molecule has 0 aromatic carbocycles. The summed E-state index contributed by atoms with van der Waals surface area (Å²) in [5.41, 5.74) is 11.7. The highest BCUT2D eigenvalue weighted by Crippen LogP contribution is 2.26. The van der Waals surface area contributed by atoms with E-state index in [4.69, 9.17) is 11.5 Å². The number of carbonyl (C=O) groups is 2. The second-order valence-electron chi connectivity index (χ2n) is 10.4. The molecule has 1 aromatic heterocycles. The van der Waals surface area contributed by atoms with Gasteiger partial charge in [-0.25, -0.2) is 4.98 Å². The van der Waals surface area contributed by atoms with E-state index in [1.54, 1.807) is 13.0 Å². The molecular formula is C27H41N9O5. The summed E-state index contributed by atoms with van der Waals surface area (Å²) in [6.07, 6.45) is 5.84. The number of nitroso groups, excluding NO2 is 1. The van der Waals surface area contributed by atoms with Crippen molar-refractivity contribution in [2.75, 3.05) is 56.9 Å². The van der Waals surface area contributed by atoms with E-state index in [2.05, 4.69) is 43.8 Å². The Bertz CT molecular complexity index is 1270. The van der Waals surface area contributed by atoms with Crippen LogP contribution in [0.2, 0.25) is 0 Å². The normalized spacial score (nSPS) is 20.5. The van der Waals surface area contributed by atoms with Gasteiger partial charge in [0.1, 0.15) is 11.5 Å². The first kappa shape index (κ1) is 31.5. The fourth-order valence-corrected chi connectivity index (χ4v) is 5.55. The van der Waals surface area contributed by atoms with Crippen molar-refractivity contribution in [2.45, 2.75) is 51.2 Å². The number of aromatic nitrogens is 2. The number of likely N-dealkylation sites (N-methyl/N-ethyl adjacent to an activating group) is 1. The van der Waals surface area contributed by atoms with E-state index in [-0.39, 0.29) is 29.1 Å². The van der Waals surface area contributed by atoms with Gasteiger partial charge in [0.2, 0.25) is 0 Å². The Morgan fingerprint density at radius 3 is 2.51 bits per heavy atom. The molecule has 0 bridgehead atoms. The molecule has 1 aromatic rings. The number of piperidine rings is 1. The number of likely N-dealkylation sites (tertiary alicyclic amines) is 1. The van der Waals surface area contributed by atoms with Crippen LogP contribution in [-0.4, -0.2) is 101 Å². The molecule has 41 heavy (non-hydrogen) atoms. The maximum absolute atomic E-state index is 12.6. The number of aliphatic hydroxyl groups is 1. The lowest BCUT2D eigenvalue weighted by molar-refractivity contribution is -0.121. The van der Waals surface area contributed by atoms with Crippen molar-refractivity contribution in [3.05, 3.63) is 56.6 Å². The summed E-state index contributed by atoms with van der Waals surface area (Å²) < 4.78 is 0. The molecule has 0 radical (unpaired) electrons. The van der Waals surface area contributed by atoms with Crippen LogP contribution >= 0.6 is 0 Å². The number of carbonyl (C=O) groups excluding carboxylic acids is 2. The Balaban J connectivity index is 1.68. The predicted molar refractivity (Wildman–Crippen MR) is 158 cm³/mol. The molecule has 0 spiro atoms. The summed E-state index contributed by atoms with van der Waals surface area (Å²) in [5.74, 6) is -1.35. The number of allylic oxidation sites excluding steroid dienone is 1. The lowest BCUT2D eigenvalue weighted by Gasteiger charge is -2.47. The molecular weight excluding hydrogens is 530 g/mol. The third kappa shape index (κ3) is 7.58. The van der Waals surface area contributed by atoms with Gasteiger partial charge in [0.05, 0.1) is 0 Å². The average molecular weight is 572 g/mol. The van der Waals surface area contributed by atoms with Gasteiger partial charge in [-0.15, -0.1) is 4.91 Å². The predicted octanol–water partition coefficient (Wildman–Crippen LogP) is 0.641. The van der Waals surface area contributed by atoms with Crippen molar-refractivity contribution in [3.8, 4) is 0 Å². The fourth-order valence-electron chi connectivity index (χ4n) is 5.55. The van der Waals surface area contributed by atoms with Gasteiger partial charge < -0.3 is 31.8 Å². The number of aromatic amines is 1. The molecule has 3 rings (SSSR count). The topological polar surface area (TPSA) is 203 Å². The van der Waals surface area contributed by atoms with E-state index in [9.17, 15) is 24.4 Å². The third-order valence-electron chi connectivity index (χ3n) is 7.88. The highest BCUT2D eigenvalue weighted by molar-refractivity contribution is 5.95. The summed E-state index contributed by atoms with van der Waals surface area (Å²) >= 11 is 0. The van der Waals surface area contributed by atoms with E-state index < -0.39 is 23.4 Å². The number of piperazine rings is 1. The minimum absolute atomic E-state index is 0.0951. The van der Waals surface area contributed by atoms with Crippen molar-refractivity contribution in [1.29, 1.82) is 0 Å². The van der Waals surface area contributed by atoms with Crippen molar-refractivity contribution in [2.24, 2.45) is 10.9 Å². The second-order valence-corrected chi connectivity index (χ2v) is 10.4. The van der Waals surface area contributed by atoms with Gasteiger partial charge in [-0.2, -0.15) is 0 Å². The molecule has 2 unspecified atom stereocenters. The van der Waals surface area contributed by atoms with Gasteiger partial charge in [-0.3, -0.25) is 24.2 Å². The minimum atomic E-state index is -1.16. The number of nitrogen functional groups attached to an aromatic ring is 1. The number of rotatable bonds is 11. The van der Waals surface area contributed by atoms with E-state index in [0.29, 0.717) is 31.2 Å². The van der Waals surface area contributed by atoms with Crippen molar-refractivity contribution in [3.63, 3.8) is 0 Å². The number of nitrogens with zero attached hydrogens (tertiary/aromatic N) is 5. The first-order valence-corrected chi connectivity index (χ1v) is 13.7. The Labute approximate surface area is 239 Å². The number of nitrogens with two attached hydrogens (primary N) is 2. The van der Waals surface area contributed by atoms with Crippen LogP contribution in [0.3, 0.4) is 0 Å². The van der Waals surface area contributed by atoms with Crippen molar-refractivity contribution >= 4 is 23.5 Å². The van der Waals surface area contributed by atoms with Gasteiger partial charge in [-0.05, 0) is 56.5 Å². The molecule has 0 aliphatic carbocycles. The summed E-state index contributed by atoms with van der Waals surface area (Å²) in [4.78, 5) is 61.1. The van der Waals surface area contributed by atoms with Crippen LogP contribution in [0, 0.1) is 4.91 Å². The zero-order valence-electron chi connectivity index (χ0n) is 23.9. The first-order chi connectivity index (χ1) is 19.5. The van der Waals surface area contributed by atoms with Crippen molar-refractivity contribution < 1.29 is 14.7 Å². The third-order valence-corrected chi connectivity index (χ3v) is 7.88. The number of hydrogen-bond acceptors (Lipinski definition) is 11. The van der Waals surface area contributed by atoms with Crippen LogP contribution in [-0.2, 0) is 4.79 Å². The lowest BCUT2D eigenvalue weighted by Crippen LogP contribution is -2.59. The molecule has 2 saturated heterocycles. The Hall–Kier alpha value is -4.04. The standard InChI is InChI=1S/C27H41N9O5/c1-5-19-15-35(25-27(40)31-22(24(29)38)23(28)32-25)12-13-36(19)20-8-10-34(11-9-20)14-18(7-6-16(2)37)17(3)21(33-41)26(39)30-4/h6-7,19-21,37H,2,5,8-15H2,1,3-4H3,(H2,28,32)(H2,29,38)(H,30,39)(H,31,40)/b7-6-,18-17-. The molecule has 224 valence electrons. The monoisotopic (exact) mass is 571 g/mol. The summed E-state index contributed by atoms with van der Waals surface area (Å²) in [7, 11) is 1.46. The highest BCUT2D eigenvalue weighted by Gasteiger charge is 2.34. The molecule has 0 saturated carbocycles. The first-order valence-electron chi connectivity index (χ1n) is 13.7. The number of amides is 2. The van der Waals surface area contributed by atoms with Gasteiger partial charge >= 0.3 is 0 Å². The SMILES string of the molecule is C=C(O)/C=C\C(CN1CCC(N2CCN(c3nc(N)c(C(N)=O)[nH]c3=O)CC2CC)CC1)=C(/C)C(N=O)C(=O)NC. The molecule has 7 N–H and O–H groups in total. The zero-order chi connectivity index (χ0) is 30.3. The van der Waals surface area contributed by atoms with Crippen LogP contribution in [0.5, 0.6) is 0 Å². The van der Waals surface area contributed by atoms with Gasteiger partial charge in [0, 0.05) is 45.3 Å². The number of primary amides is 1. The fraction of sp³-hybridized carbons (Fsp3) is 0.556. The van der Waals surface area contributed by atoms with E-state index in [1.165, 1.54) is 13.1 Å². The minimum Gasteiger partial charge on any atom is -0.509 e. The molecule has 2 aliphatic rings. The quantitative estimate of drug-likeness (QED) is 0.142. The van der Waals surface area contributed by atoms with E-state index in [1.807, 2.05) is 4.90 Å². The Morgan fingerprint density at radius 1 is 1.27 bits per heavy atom. The number of anilines is 2. The average Bonchev–Trinajstić information content (AvgIpc) is 2.96. The number of H-pyrrole nitrogens is 1. The molecule has 2 amide bonds. The van der Waals surface area contributed by atoms with Gasteiger partial charge in [0.25, 0.3) is 17.4 Å². The Morgan fingerprint density at radius 2 is 1.95 bits per heavy atom. The summed E-state index contributed by atoms with van der Waals surface area (Å²) in [6.45, 7) is 11.3. The largest absolute Gasteiger partial charge is 0.509 e. The molecule has 3 heterocycles. The van der Waals surface area contributed by atoms with Crippen molar-refractivity contribution in [1.82, 2.24) is 25.1 Å². The van der Waals surface area contributed by atoms with Crippen LogP contribution in [0.25, 0.3) is 0 Å². The van der Waals surface area contributed by atoms with Crippen LogP contribution < -0.4 is 27.2 Å². The highest BCUT2D eigenvalue weighted by atomic mass is 16.3. The van der Waals surface area contributed by atoms with Crippen LogP contribution in [0.4, 0.5) is 11.6 Å². The number of hydrogen-bond donors (Lipinski definition) is 5. The lowest BCUT2D eigenvalue weighted by atomic mass is 9.96. The second kappa shape index (κ2) is 14.0. The summed E-state index contributed by atoms with van der Waals surface area (Å²) in [5, 5.41) is 15.1. The molecule has 2 fully saturated rings. The summed E-state index contributed by atoms with van der Waals surface area (Å²) in [6, 6.07) is -0.611. The number of aliphatic hydroxyl groups excluding tert-OH is 1. The molecule has 2 atom stereocenters. The maximum atomic E-state index is 12.6. The van der Waals surface area contributed by atoms with Gasteiger partial charge in [-0.1, -0.05) is 24.8 Å². The molecule has 14 heteroatoms. The molecule has 14 nitrogen and oxygen atoms in total.